The number of halogens is 1. The van der Waals surface area contributed by atoms with Crippen LogP contribution in [0.3, 0.4) is 0 Å². The number of aryl methyl sites for hydroxylation is 1. The summed E-state index contributed by atoms with van der Waals surface area (Å²) in [5.74, 6) is 0. The summed E-state index contributed by atoms with van der Waals surface area (Å²) < 4.78 is 1.95. The largest absolute Gasteiger partial charge is 0.354 e. The predicted octanol–water partition coefficient (Wildman–Crippen LogP) is 6.20. The maximum Gasteiger partial charge on any atom is 0.172 e. The van der Waals surface area contributed by atoms with Crippen molar-refractivity contribution in [3.63, 3.8) is 0 Å². The topological polar surface area (TPSA) is 85.9 Å². The molecule has 2 aromatic carbocycles. The predicted molar refractivity (Wildman–Crippen MR) is 165 cm³/mol. The fraction of sp³-hybridized carbons (Fsp3) is 0.226. The highest BCUT2D eigenvalue weighted by Crippen LogP contribution is 2.36. The van der Waals surface area contributed by atoms with E-state index in [2.05, 4.69) is 50.3 Å². The van der Waals surface area contributed by atoms with Gasteiger partial charge in [-0.25, -0.2) is 4.98 Å². The Labute approximate surface area is 248 Å². The molecular formula is C31H29ClN8S. The molecule has 1 N–H and O–H groups in total. The van der Waals surface area contributed by atoms with Gasteiger partial charge in [-0.2, -0.15) is 5.26 Å². The van der Waals surface area contributed by atoms with E-state index in [0.29, 0.717) is 16.3 Å². The van der Waals surface area contributed by atoms with Crippen molar-refractivity contribution < 1.29 is 0 Å². The number of aromatic nitrogens is 4. The van der Waals surface area contributed by atoms with Crippen molar-refractivity contribution in [1.29, 1.82) is 5.26 Å². The molecule has 41 heavy (non-hydrogen) atoms. The third-order valence-corrected chi connectivity index (χ3v) is 8.87. The lowest BCUT2D eigenvalue weighted by molar-refractivity contribution is 0.148. The Hall–Kier alpha value is -3.94. The van der Waals surface area contributed by atoms with Crippen molar-refractivity contribution in [2.75, 3.05) is 38.5 Å². The summed E-state index contributed by atoms with van der Waals surface area (Å²) in [6.07, 6.45) is 7.23. The summed E-state index contributed by atoms with van der Waals surface area (Å²) in [6, 6.07) is 18.3. The molecule has 0 saturated carbocycles. The zero-order valence-electron chi connectivity index (χ0n) is 22.9. The monoisotopic (exact) mass is 580 g/mol. The first-order chi connectivity index (χ1) is 20.0. The molecule has 8 nitrogen and oxygen atoms in total. The molecular weight excluding hydrogens is 552 g/mol. The molecule has 1 aliphatic heterocycles. The molecule has 1 fully saturated rings. The number of likely N-dealkylation sites (N-methyl/N-ethyl adjacent to an activating group) is 1. The SMILES string of the molecule is CN1CCN(Cc2ccc(-c3ccc4c(Nc5ccc(Sc6nccn6C)c(Cl)c5)c(C#N)cnc4c3)nc2)CC1. The molecule has 4 heterocycles. The van der Waals surface area contributed by atoms with Crippen LogP contribution in [0.5, 0.6) is 0 Å². The smallest absolute Gasteiger partial charge is 0.172 e. The van der Waals surface area contributed by atoms with Gasteiger partial charge in [-0.1, -0.05) is 35.5 Å². The number of nitriles is 1. The number of fused-ring (bicyclic) bond motifs is 1. The third-order valence-electron chi connectivity index (χ3n) is 7.29. The molecule has 0 aliphatic carbocycles. The van der Waals surface area contributed by atoms with Crippen LogP contribution in [0.1, 0.15) is 11.1 Å². The summed E-state index contributed by atoms with van der Waals surface area (Å²) >= 11 is 8.13. The maximum atomic E-state index is 9.83. The average molecular weight is 581 g/mol. The highest BCUT2D eigenvalue weighted by atomic mass is 35.5. The van der Waals surface area contributed by atoms with E-state index in [9.17, 15) is 5.26 Å². The van der Waals surface area contributed by atoms with Gasteiger partial charge in [0.05, 0.1) is 27.5 Å². The van der Waals surface area contributed by atoms with Gasteiger partial charge in [-0.15, -0.1) is 0 Å². The van der Waals surface area contributed by atoms with Gasteiger partial charge in [0.15, 0.2) is 5.16 Å². The van der Waals surface area contributed by atoms with E-state index in [1.165, 1.54) is 17.3 Å². The fourth-order valence-electron chi connectivity index (χ4n) is 4.88. The first kappa shape index (κ1) is 27.2. The fourth-order valence-corrected chi connectivity index (χ4v) is 5.98. The van der Waals surface area contributed by atoms with Crippen molar-refractivity contribution in [1.82, 2.24) is 29.3 Å². The molecule has 206 valence electrons. The number of nitrogens with one attached hydrogen (secondary N) is 1. The second kappa shape index (κ2) is 11.9. The summed E-state index contributed by atoms with van der Waals surface area (Å²) in [6.45, 7) is 5.28. The minimum Gasteiger partial charge on any atom is -0.354 e. The molecule has 1 saturated heterocycles. The number of pyridine rings is 2. The lowest BCUT2D eigenvalue weighted by atomic mass is 10.0. The van der Waals surface area contributed by atoms with Crippen LogP contribution in [-0.4, -0.2) is 62.5 Å². The van der Waals surface area contributed by atoms with Gasteiger partial charge < -0.3 is 14.8 Å². The van der Waals surface area contributed by atoms with Crippen molar-refractivity contribution in [2.24, 2.45) is 7.05 Å². The molecule has 5 aromatic rings. The first-order valence-corrected chi connectivity index (χ1v) is 14.6. The standard InChI is InChI=1S/C31H29ClN8S/c1-38-11-13-40(14-12-38)20-21-3-7-27(35-18-21)22-4-6-25-28(15-22)36-19-23(17-33)30(25)37-24-5-8-29(26(32)16-24)41-31-34-9-10-39(31)2/h3-10,15-16,18-19H,11-14,20H2,1-2H3,(H,36,37). The lowest BCUT2D eigenvalue weighted by Crippen LogP contribution is -2.43. The van der Waals surface area contributed by atoms with E-state index in [1.54, 1.807) is 12.4 Å². The number of imidazole rings is 1. The van der Waals surface area contributed by atoms with Gasteiger partial charge in [0.2, 0.25) is 0 Å². The number of benzene rings is 2. The van der Waals surface area contributed by atoms with Crippen LogP contribution in [0.15, 0.2) is 83.4 Å². The third kappa shape index (κ3) is 6.06. The first-order valence-electron chi connectivity index (χ1n) is 13.4. The van der Waals surface area contributed by atoms with Crippen LogP contribution in [0.4, 0.5) is 11.4 Å². The molecule has 3 aromatic heterocycles. The van der Waals surface area contributed by atoms with E-state index < -0.39 is 0 Å². The lowest BCUT2D eigenvalue weighted by Gasteiger charge is -2.32. The van der Waals surface area contributed by atoms with Gasteiger partial charge in [0, 0.05) is 86.1 Å². The van der Waals surface area contributed by atoms with Crippen molar-refractivity contribution in [3.05, 3.63) is 89.5 Å². The quantitative estimate of drug-likeness (QED) is 0.244. The number of rotatable bonds is 7. The molecule has 1 aliphatic rings. The second-order valence-electron chi connectivity index (χ2n) is 10.2. The number of nitrogens with zero attached hydrogens (tertiary/aromatic N) is 7. The summed E-state index contributed by atoms with van der Waals surface area (Å²) in [5, 5.41) is 15.5. The van der Waals surface area contributed by atoms with Crippen LogP contribution in [-0.2, 0) is 13.6 Å². The van der Waals surface area contributed by atoms with Crippen molar-refractivity contribution in [3.8, 4) is 17.3 Å². The number of hydrogen-bond donors (Lipinski definition) is 1. The van der Waals surface area contributed by atoms with Gasteiger partial charge in [-0.05, 0) is 49.0 Å². The summed E-state index contributed by atoms with van der Waals surface area (Å²) in [7, 11) is 4.12. The van der Waals surface area contributed by atoms with Crippen LogP contribution in [0, 0.1) is 11.3 Å². The van der Waals surface area contributed by atoms with Gasteiger partial charge in [0.1, 0.15) is 6.07 Å². The van der Waals surface area contributed by atoms with E-state index in [-0.39, 0.29) is 0 Å². The molecule has 6 rings (SSSR count). The van der Waals surface area contributed by atoms with Crippen LogP contribution in [0.2, 0.25) is 5.02 Å². The Balaban J connectivity index is 1.22. The Morgan fingerprint density at radius 2 is 1.83 bits per heavy atom. The molecule has 10 heteroatoms. The van der Waals surface area contributed by atoms with Crippen LogP contribution >= 0.6 is 23.4 Å². The highest BCUT2D eigenvalue weighted by molar-refractivity contribution is 7.99. The number of piperazine rings is 1. The van der Waals surface area contributed by atoms with Crippen molar-refractivity contribution >= 4 is 45.6 Å². The maximum absolute atomic E-state index is 9.83. The van der Waals surface area contributed by atoms with Crippen LogP contribution < -0.4 is 5.32 Å². The summed E-state index contributed by atoms with van der Waals surface area (Å²) in [4.78, 5) is 19.4. The Kier molecular flexibility index (Phi) is 7.90. The zero-order valence-corrected chi connectivity index (χ0v) is 24.5. The van der Waals surface area contributed by atoms with Gasteiger partial charge in [-0.3, -0.25) is 14.9 Å². The number of anilines is 2. The number of hydrogen-bond acceptors (Lipinski definition) is 8. The highest BCUT2D eigenvalue weighted by Gasteiger charge is 2.15. The molecule has 0 atom stereocenters. The van der Waals surface area contributed by atoms with E-state index >= 15 is 0 Å². The second-order valence-corrected chi connectivity index (χ2v) is 11.6. The minimum atomic E-state index is 0.458. The van der Waals surface area contributed by atoms with E-state index in [1.807, 2.05) is 60.4 Å². The van der Waals surface area contributed by atoms with E-state index in [0.717, 1.165) is 70.6 Å². The van der Waals surface area contributed by atoms with Gasteiger partial charge >= 0.3 is 0 Å². The molecule has 0 spiro atoms. The molecule has 0 unspecified atom stereocenters. The zero-order chi connectivity index (χ0) is 28.3. The normalized spacial score (nSPS) is 14.3. The van der Waals surface area contributed by atoms with E-state index in [4.69, 9.17) is 16.6 Å². The van der Waals surface area contributed by atoms with Crippen LogP contribution in [0.25, 0.3) is 22.2 Å². The Bertz CT molecular complexity index is 1740. The molecule has 0 amide bonds. The molecule has 0 radical (unpaired) electrons. The van der Waals surface area contributed by atoms with Crippen molar-refractivity contribution in [2.45, 2.75) is 16.6 Å². The minimum absolute atomic E-state index is 0.458. The van der Waals surface area contributed by atoms with Gasteiger partial charge in [0.25, 0.3) is 0 Å². The Morgan fingerprint density at radius 1 is 0.976 bits per heavy atom. The Morgan fingerprint density at radius 3 is 2.54 bits per heavy atom. The summed E-state index contributed by atoms with van der Waals surface area (Å²) in [5.41, 5.74) is 5.79. The molecule has 0 bridgehead atoms. The average Bonchev–Trinajstić information content (AvgIpc) is 3.40.